The predicted molar refractivity (Wildman–Crippen MR) is 56.2 cm³/mol. The van der Waals surface area contributed by atoms with E-state index in [9.17, 15) is 10.2 Å². The summed E-state index contributed by atoms with van der Waals surface area (Å²) in [6.45, 7) is 0. The normalized spacial score (nSPS) is 10.3. The Morgan fingerprint density at radius 3 is 2.62 bits per heavy atom. The maximum atomic E-state index is 9.46. The van der Waals surface area contributed by atoms with Gasteiger partial charge in [0.15, 0.2) is 11.5 Å². The number of aromatic hydroxyl groups is 2. The summed E-state index contributed by atoms with van der Waals surface area (Å²) < 4.78 is 9.60. The topological polar surface area (TPSA) is 102 Å². The number of nitrogens with zero attached hydrogens (tertiary/aromatic N) is 1. The Morgan fingerprint density at radius 1 is 1.31 bits per heavy atom. The van der Waals surface area contributed by atoms with E-state index in [0.717, 1.165) is 0 Å². The number of phenols is 2. The zero-order valence-corrected chi connectivity index (χ0v) is 8.47. The second-order valence-electron chi connectivity index (χ2n) is 3.16. The summed E-state index contributed by atoms with van der Waals surface area (Å²) >= 11 is 0. The highest BCUT2D eigenvalue weighted by Gasteiger charge is 2.13. The second-order valence-corrected chi connectivity index (χ2v) is 3.16. The lowest BCUT2D eigenvalue weighted by atomic mass is 10.1. The maximum Gasteiger partial charge on any atom is 0.222 e. The Bertz CT molecular complexity index is 522. The van der Waals surface area contributed by atoms with Crippen molar-refractivity contribution in [2.75, 3.05) is 12.8 Å². The molecule has 84 valence electrons. The van der Waals surface area contributed by atoms with Crippen molar-refractivity contribution in [3.05, 3.63) is 18.2 Å². The van der Waals surface area contributed by atoms with Crippen LogP contribution in [0.25, 0.3) is 11.3 Å². The summed E-state index contributed by atoms with van der Waals surface area (Å²) in [5.41, 5.74) is 6.37. The molecule has 0 spiro atoms. The van der Waals surface area contributed by atoms with E-state index in [0.29, 0.717) is 11.3 Å². The molecule has 16 heavy (non-hydrogen) atoms. The molecule has 2 rings (SSSR count). The number of nitrogen functional groups attached to an aromatic ring is 1. The van der Waals surface area contributed by atoms with E-state index in [2.05, 4.69) is 5.16 Å². The van der Waals surface area contributed by atoms with Crippen LogP contribution in [-0.2, 0) is 0 Å². The molecule has 1 aromatic heterocycles. The minimum absolute atomic E-state index is 0.150. The highest BCUT2D eigenvalue weighted by molar-refractivity contribution is 5.68. The van der Waals surface area contributed by atoms with Gasteiger partial charge in [0, 0.05) is 11.6 Å². The monoisotopic (exact) mass is 222 g/mol. The van der Waals surface area contributed by atoms with Crippen LogP contribution in [0.1, 0.15) is 0 Å². The third kappa shape index (κ3) is 1.60. The van der Waals surface area contributed by atoms with Crippen molar-refractivity contribution < 1.29 is 19.5 Å². The molecule has 1 heterocycles. The van der Waals surface area contributed by atoms with E-state index in [1.165, 1.54) is 25.3 Å². The SMILES string of the molecule is COc1cc(-c2cc(N)on2)cc(O)c1O. The first-order valence-corrected chi connectivity index (χ1v) is 4.44. The van der Waals surface area contributed by atoms with Gasteiger partial charge in [0.25, 0.3) is 0 Å². The van der Waals surface area contributed by atoms with E-state index >= 15 is 0 Å². The number of hydrogen-bond acceptors (Lipinski definition) is 6. The molecule has 0 saturated heterocycles. The summed E-state index contributed by atoms with van der Waals surface area (Å²) in [5, 5.41) is 22.6. The van der Waals surface area contributed by atoms with Gasteiger partial charge in [-0.25, -0.2) is 0 Å². The van der Waals surface area contributed by atoms with E-state index in [1.807, 2.05) is 0 Å². The molecule has 0 radical (unpaired) electrons. The minimum atomic E-state index is -0.317. The van der Waals surface area contributed by atoms with E-state index < -0.39 is 0 Å². The van der Waals surface area contributed by atoms with Gasteiger partial charge in [-0.05, 0) is 12.1 Å². The summed E-state index contributed by atoms with van der Waals surface area (Å²) in [5.74, 6) is -0.295. The van der Waals surface area contributed by atoms with Crippen LogP contribution >= 0.6 is 0 Å². The first-order chi connectivity index (χ1) is 7.61. The van der Waals surface area contributed by atoms with Crippen molar-refractivity contribution in [3.63, 3.8) is 0 Å². The standard InChI is InChI=1S/C10H10N2O4/c1-15-8-3-5(2-7(13)10(8)14)6-4-9(11)16-12-6/h2-4,13-14H,11H2,1H3. The third-order valence-electron chi connectivity index (χ3n) is 2.10. The van der Waals surface area contributed by atoms with Crippen LogP contribution < -0.4 is 10.5 Å². The van der Waals surface area contributed by atoms with Crippen molar-refractivity contribution in [2.24, 2.45) is 0 Å². The third-order valence-corrected chi connectivity index (χ3v) is 2.10. The van der Waals surface area contributed by atoms with Crippen LogP contribution in [0.2, 0.25) is 0 Å². The average molecular weight is 222 g/mol. The molecule has 0 bridgehead atoms. The fraction of sp³-hybridized carbons (Fsp3) is 0.100. The molecular weight excluding hydrogens is 212 g/mol. The fourth-order valence-corrected chi connectivity index (χ4v) is 1.32. The van der Waals surface area contributed by atoms with Crippen LogP contribution in [0, 0.1) is 0 Å². The molecule has 0 saturated carbocycles. The Morgan fingerprint density at radius 2 is 2.06 bits per heavy atom. The summed E-state index contributed by atoms with van der Waals surface area (Å²) in [4.78, 5) is 0. The van der Waals surface area contributed by atoms with E-state index in [-0.39, 0.29) is 23.1 Å². The molecule has 0 aliphatic carbocycles. The Hall–Kier alpha value is -2.37. The van der Waals surface area contributed by atoms with Crippen molar-refractivity contribution in [1.82, 2.24) is 5.16 Å². The number of aromatic nitrogens is 1. The molecule has 2 aromatic rings. The van der Waals surface area contributed by atoms with Crippen LogP contribution in [0.15, 0.2) is 22.7 Å². The molecule has 0 amide bonds. The lowest BCUT2D eigenvalue weighted by Gasteiger charge is -2.06. The second kappa shape index (κ2) is 3.65. The predicted octanol–water partition coefficient (Wildman–Crippen LogP) is 1.34. The Kier molecular flexibility index (Phi) is 2.32. The fourth-order valence-electron chi connectivity index (χ4n) is 1.32. The molecule has 0 atom stereocenters. The first kappa shape index (κ1) is 10.2. The summed E-state index contributed by atoms with van der Waals surface area (Å²) in [6, 6.07) is 4.37. The highest BCUT2D eigenvalue weighted by Crippen LogP contribution is 2.39. The molecule has 0 aliphatic rings. The van der Waals surface area contributed by atoms with Crippen LogP contribution in [0.5, 0.6) is 17.2 Å². The number of nitrogens with two attached hydrogens (primary N) is 1. The highest BCUT2D eigenvalue weighted by atomic mass is 16.5. The summed E-state index contributed by atoms with van der Waals surface area (Å²) in [6.07, 6.45) is 0. The number of benzene rings is 1. The average Bonchev–Trinajstić information content (AvgIpc) is 2.69. The smallest absolute Gasteiger partial charge is 0.222 e. The molecule has 1 aromatic carbocycles. The molecule has 6 nitrogen and oxygen atoms in total. The molecule has 6 heteroatoms. The van der Waals surface area contributed by atoms with Gasteiger partial charge >= 0.3 is 0 Å². The van der Waals surface area contributed by atoms with Gasteiger partial charge in [-0.2, -0.15) is 0 Å². The number of anilines is 1. The van der Waals surface area contributed by atoms with Crippen molar-refractivity contribution >= 4 is 5.88 Å². The molecule has 0 fully saturated rings. The molecule has 0 aliphatic heterocycles. The van der Waals surface area contributed by atoms with Gasteiger partial charge in [0.1, 0.15) is 5.69 Å². The maximum absolute atomic E-state index is 9.46. The van der Waals surface area contributed by atoms with Crippen molar-refractivity contribution in [3.8, 4) is 28.5 Å². The van der Waals surface area contributed by atoms with Crippen LogP contribution in [0.3, 0.4) is 0 Å². The molecule has 4 N–H and O–H groups in total. The van der Waals surface area contributed by atoms with E-state index in [4.69, 9.17) is 15.0 Å². The number of phenolic OH excluding ortho intramolecular Hbond substituents is 2. The van der Waals surface area contributed by atoms with Crippen molar-refractivity contribution in [2.45, 2.75) is 0 Å². The number of methoxy groups -OCH3 is 1. The number of hydrogen-bond donors (Lipinski definition) is 3. The van der Waals surface area contributed by atoms with Gasteiger partial charge in [-0.3, -0.25) is 0 Å². The summed E-state index contributed by atoms with van der Waals surface area (Å²) in [7, 11) is 1.38. The lowest BCUT2D eigenvalue weighted by Crippen LogP contribution is -1.86. The van der Waals surface area contributed by atoms with Crippen molar-refractivity contribution in [1.29, 1.82) is 0 Å². The van der Waals surface area contributed by atoms with Crippen LogP contribution in [0.4, 0.5) is 5.88 Å². The lowest BCUT2D eigenvalue weighted by molar-refractivity contribution is 0.351. The quantitative estimate of drug-likeness (QED) is 0.663. The number of ether oxygens (including phenoxy) is 1. The number of rotatable bonds is 2. The van der Waals surface area contributed by atoms with Gasteiger partial charge in [0.2, 0.25) is 11.6 Å². The minimum Gasteiger partial charge on any atom is -0.504 e. The van der Waals surface area contributed by atoms with Gasteiger partial charge in [-0.15, -0.1) is 0 Å². The van der Waals surface area contributed by atoms with Gasteiger partial charge < -0.3 is 25.2 Å². The Labute approximate surface area is 90.9 Å². The largest absolute Gasteiger partial charge is 0.504 e. The zero-order chi connectivity index (χ0) is 11.7. The first-order valence-electron chi connectivity index (χ1n) is 4.44. The molecular formula is C10H10N2O4. The van der Waals surface area contributed by atoms with E-state index in [1.54, 1.807) is 0 Å². The Balaban J connectivity index is 2.54. The molecule has 0 unspecified atom stereocenters. The van der Waals surface area contributed by atoms with Crippen LogP contribution in [-0.4, -0.2) is 22.5 Å². The van der Waals surface area contributed by atoms with Gasteiger partial charge in [0.05, 0.1) is 7.11 Å². The van der Waals surface area contributed by atoms with Gasteiger partial charge in [-0.1, -0.05) is 5.16 Å². The zero-order valence-electron chi connectivity index (χ0n) is 8.47.